The fourth-order valence-corrected chi connectivity index (χ4v) is 9.18. The number of benzene rings is 5. The third-order valence-corrected chi connectivity index (χ3v) is 12.2. The Kier molecular flexibility index (Phi) is 20.7. The molecule has 0 fully saturated rings. The first-order valence-corrected chi connectivity index (χ1v) is 26.1. The summed E-state index contributed by atoms with van der Waals surface area (Å²) in [5, 5.41) is 0. The lowest BCUT2D eigenvalue weighted by molar-refractivity contribution is 0.00526. The summed E-state index contributed by atoms with van der Waals surface area (Å²) >= 11 is 0. The van der Waals surface area contributed by atoms with Crippen LogP contribution in [0.1, 0.15) is 111 Å². The van der Waals surface area contributed by atoms with Gasteiger partial charge in [-0.15, -0.1) is 0 Å². The molecule has 13 nitrogen and oxygen atoms in total. The third-order valence-electron chi connectivity index (χ3n) is 12.2. The lowest BCUT2D eigenvalue weighted by Crippen LogP contribution is -2.13. The second-order valence-corrected chi connectivity index (χ2v) is 17.2. The van der Waals surface area contributed by atoms with Crippen molar-refractivity contribution in [2.24, 2.45) is 0 Å². The quantitative estimate of drug-likeness (QED) is 0.0857. The molecule has 12 bridgehead atoms. The zero-order valence-electron chi connectivity index (χ0n) is 43.9. The summed E-state index contributed by atoms with van der Waals surface area (Å²) in [4.78, 5) is 0. The average Bonchev–Trinajstić information content (AvgIpc) is 3.36. The van der Waals surface area contributed by atoms with E-state index in [0.717, 1.165) is 102 Å². The van der Waals surface area contributed by atoms with Crippen LogP contribution in [0.2, 0.25) is 0 Å². The third kappa shape index (κ3) is 14.1. The highest BCUT2D eigenvalue weighted by atomic mass is 16.6. The van der Waals surface area contributed by atoms with Gasteiger partial charge in [0, 0.05) is 87.7 Å². The van der Waals surface area contributed by atoms with Crippen molar-refractivity contribution in [3.05, 3.63) is 116 Å². The second-order valence-electron chi connectivity index (χ2n) is 17.2. The number of fused-ring (bicyclic) bond motifs is 12. The molecule has 0 unspecified atom stereocenters. The Morgan fingerprint density at radius 1 is 0.250 bits per heavy atom. The molecule has 2 aliphatic heterocycles. The summed E-state index contributed by atoms with van der Waals surface area (Å²) in [6, 6.07) is 21.1. The van der Waals surface area contributed by atoms with Crippen molar-refractivity contribution in [2.75, 3.05) is 106 Å². The van der Waals surface area contributed by atoms with Crippen molar-refractivity contribution < 1.29 is 61.6 Å². The molecule has 0 radical (unpaired) electrons. The maximum absolute atomic E-state index is 6.69. The molecule has 2 heterocycles. The summed E-state index contributed by atoms with van der Waals surface area (Å²) in [5.41, 5.74) is 9.48. The van der Waals surface area contributed by atoms with Gasteiger partial charge < -0.3 is 61.6 Å². The van der Waals surface area contributed by atoms with Crippen LogP contribution in [0.15, 0.2) is 60.7 Å². The zero-order valence-corrected chi connectivity index (χ0v) is 43.9. The summed E-state index contributed by atoms with van der Waals surface area (Å²) in [7, 11) is 0. The van der Waals surface area contributed by atoms with Gasteiger partial charge >= 0.3 is 0 Å². The molecule has 0 atom stereocenters. The summed E-state index contributed by atoms with van der Waals surface area (Å²) in [5.74, 6) is 7.46. The van der Waals surface area contributed by atoms with Crippen molar-refractivity contribution in [3.8, 4) is 57.5 Å². The zero-order chi connectivity index (χ0) is 50.7. The molecular formula is C59H76O13. The number of hydrogen-bond donors (Lipinski definition) is 0. The highest BCUT2D eigenvalue weighted by Gasteiger charge is 2.24. The van der Waals surface area contributed by atoms with Crippen molar-refractivity contribution in [1.82, 2.24) is 0 Å². The maximum Gasteiger partial charge on any atom is 0.123 e. The van der Waals surface area contributed by atoms with Crippen molar-refractivity contribution in [2.45, 2.75) is 87.5 Å². The van der Waals surface area contributed by atoms with Crippen LogP contribution in [0.3, 0.4) is 0 Å². The molecule has 9 aliphatic carbocycles. The van der Waals surface area contributed by atoms with Crippen LogP contribution >= 0.6 is 0 Å². The van der Waals surface area contributed by atoms with Gasteiger partial charge in [0.25, 0.3) is 0 Å². The predicted octanol–water partition coefficient (Wildman–Crippen LogP) is 11.0. The van der Waals surface area contributed by atoms with E-state index in [2.05, 4.69) is 60.7 Å². The summed E-state index contributed by atoms with van der Waals surface area (Å²) in [6.45, 7) is 23.1. The van der Waals surface area contributed by atoms with Gasteiger partial charge in [-0.2, -0.15) is 0 Å². The Labute approximate surface area is 427 Å². The van der Waals surface area contributed by atoms with Crippen LogP contribution in [0.25, 0.3) is 0 Å². The van der Waals surface area contributed by atoms with Gasteiger partial charge in [-0.3, -0.25) is 0 Å². The largest absolute Gasteiger partial charge is 0.494 e. The van der Waals surface area contributed by atoms with Crippen LogP contribution in [0.5, 0.6) is 57.5 Å². The minimum atomic E-state index is 0.324. The molecule has 0 saturated heterocycles. The van der Waals surface area contributed by atoms with E-state index in [0.29, 0.717) is 149 Å². The van der Waals surface area contributed by atoms with Gasteiger partial charge in [0.15, 0.2) is 0 Å². The predicted molar refractivity (Wildman–Crippen MR) is 279 cm³/mol. The molecule has 0 aromatic heterocycles. The first kappa shape index (κ1) is 53.8. The van der Waals surface area contributed by atoms with E-state index in [4.69, 9.17) is 61.6 Å². The van der Waals surface area contributed by atoms with Crippen molar-refractivity contribution in [1.29, 1.82) is 0 Å². The van der Waals surface area contributed by atoms with E-state index in [9.17, 15) is 0 Å². The summed E-state index contributed by atoms with van der Waals surface area (Å²) < 4.78 is 82.8. The molecule has 0 saturated carbocycles. The van der Waals surface area contributed by atoms with Crippen LogP contribution in [-0.4, -0.2) is 106 Å². The van der Waals surface area contributed by atoms with E-state index in [1.807, 2.05) is 55.4 Å². The molecule has 5 aromatic rings. The maximum atomic E-state index is 6.69. The standard InChI is InChI=1S/C59H76O13/c1-9-63-50-32-42-26-44-34-56(69-15-7)46(36-54(44)67-13-5)28-48-38-59-49(39-58(48)71-23-21-61-19-17-60-18-20-62-22-24-72-59)29-47-37-55(68-14-6)45(35-57(47)70-16-8)27-43-33-51(64-10-2)41(31-53(43)66-12-4)25-40(50)30-52(42)65-11-3/h30-39H,9-29H2,1-8H3. The highest BCUT2D eigenvalue weighted by Crippen LogP contribution is 2.43. The van der Waals surface area contributed by atoms with Gasteiger partial charge in [0.05, 0.1) is 92.5 Å². The first-order valence-electron chi connectivity index (χ1n) is 26.1. The monoisotopic (exact) mass is 993 g/mol. The lowest BCUT2D eigenvalue weighted by Gasteiger charge is -2.22. The van der Waals surface area contributed by atoms with E-state index < -0.39 is 0 Å². The average molecular weight is 993 g/mol. The Morgan fingerprint density at radius 3 is 0.625 bits per heavy atom. The fourth-order valence-electron chi connectivity index (χ4n) is 9.18. The van der Waals surface area contributed by atoms with Crippen molar-refractivity contribution >= 4 is 0 Å². The molecule has 72 heavy (non-hydrogen) atoms. The van der Waals surface area contributed by atoms with Crippen molar-refractivity contribution in [3.63, 3.8) is 0 Å². The highest BCUT2D eigenvalue weighted by molar-refractivity contribution is 5.59. The Balaban J connectivity index is 1.50. The second kappa shape index (κ2) is 27.7. The molecule has 0 amide bonds. The molecular weight excluding hydrogens is 917 g/mol. The van der Waals surface area contributed by atoms with E-state index in [1.54, 1.807) is 0 Å². The van der Waals surface area contributed by atoms with Crippen LogP contribution in [0, 0.1) is 0 Å². The minimum Gasteiger partial charge on any atom is -0.494 e. The fraction of sp³-hybridized carbons (Fsp3) is 0.492. The smallest absolute Gasteiger partial charge is 0.123 e. The minimum absolute atomic E-state index is 0.324. The molecule has 13 heteroatoms. The molecule has 0 N–H and O–H groups in total. The molecule has 16 rings (SSSR count). The van der Waals surface area contributed by atoms with Gasteiger partial charge in [-0.25, -0.2) is 0 Å². The van der Waals surface area contributed by atoms with E-state index in [1.165, 1.54) is 0 Å². The van der Waals surface area contributed by atoms with Gasteiger partial charge in [0.2, 0.25) is 0 Å². The first-order chi connectivity index (χ1) is 35.3. The van der Waals surface area contributed by atoms with Crippen LogP contribution < -0.4 is 47.4 Å². The van der Waals surface area contributed by atoms with Crippen LogP contribution in [-0.2, 0) is 46.3 Å². The SMILES string of the molecule is CCOc1cc2c(OCC)cc1Cc1cc(OCC)c(cc1OCC)Cc1cc(OCC)c(cc1OCC)Cc1cc3c(cc1OCCOCCOCCOCCO3)Cc1cc(OCC)c(cc1OCC)C2. The van der Waals surface area contributed by atoms with E-state index >= 15 is 0 Å². The normalized spacial score (nSPS) is 14.4. The Hall–Kier alpha value is -6.02. The lowest BCUT2D eigenvalue weighted by atomic mass is 9.94. The number of rotatable bonds is 16. The van der Waals surface area contributed by atoms with Gasteiger partial charge in [0.1, 0.15) is 70.7 Å². The molecule has 5 aromatic carbocycles. The number of ether oxygens (including phenoxy) is 13. The topological polar surface area (TPSA) is 120 Å². The van der Waals surface area contributed by atoms with Crippen LogP contribution in [0.4, 0.5) is 0 Å². The molecule has 0 spiro atoms. The molecule has 11 aliphatic rings. The number of hydrogen-bond acceptors (Lipinski definition) is 13. The van der Waals surface area contributed by atoms with E-state index in [-0.39, 0.29) is 0 Å². The summed E-state index contributed by atoms with van der Waals surface area (Å²) in [6.07, 6.45) is 2.43. The van der Waals surface area contributed by atoms with Gasteiger partial charge in [-0.05, 0) is 116 Å². The Morgan fingerprint density at radius 2 is 0.431 bits per heavy atom. The Bertz CT molecular complexity index is 2350. The molecule has 390 valence electrons. The van der Waals surface area contributed by atoms with Gasteiger partial charge in [-0.1, -0.05) is 0 Å².